The van der Waals surface area contributed by atoms with Crippen LogP contribution >= 0.6 is 11.3 Å². The Morgan fingerprint density at radius 3 is 2.22 bits per heavy atom. The highest BCUT2D eigenvalue weighted by Gasteiger charge is 2.12. The van der Waals surface area contributed by atoms with Crippen molar-refractivity contribution in [3.63, 3.8) is 0 Å². The molecule has 96 valence electrons. The molecule has 2 heteroatoms. The second kappa shape index (κ2) is 5.68. The van der Waals surface area contributed by atoms with Gasteiger partial charge in [0.05, 0.1) is 0 Å². The molecule has 1 N–H and O–H groups in total. The van der Waals surface area contributed by atoms with Gasteiger partial charge in [-0.25, -0.2) is 0 Å². The lowest BCUT2D eigenvalue weighted by Gasteiger charge is -2.20. The zero-order chi connectivity index (χ0) is 13.1. The van der Waals surface area contributed by atoms with E-state index in [9.17, 15) is 0 Å². The van der Waals surface area contributed by atoms with Crippen LogP contribution in [0.25, 0.3) is 0 Å². The normalized spacial score (nSPS) is 14.4. The zero-order valence-electron chi connectivity index (χ0n) is 11.5. The standard InChI is InChI=1S/C16H21NS/c1-11-8-12(2)10-15(9-11)13(3)17-14(4)16-6-5-7-18-16/h5-10,13-14,17H,1-4H3. The van der Waals surface area contributed by atoms with Gasteiger partial charge in [-0.05, 0) is 44.7 Å². The Morgan fingerprint density at radius 2 is 1.67 bits per heavy atom. The third-order valence-corrected chi connectivity index (χ3v) is 4.27. The topological polar surface area (TPSA) is 12.0 Å². The summed E-state index contributed by atoms with van der Waals surface area (Å²) in [6.07, 6.45) is 0. The fraction of sp³-hybridized carbons (Fsp3) is 0.375. The van der Waals surface area contributed by atoms with Gasteiger partial charge in [0.15, 0.2) is 0 Å². The zero-order valence-corrected chi connectivity index (χ0v) is 12.3. The molecular formula is C16H21NS. The number of benzene rings is 1. The van der Waals surface area contributed by atoms with Crippen LogP contribution in [0.3, 0.4) is 0 Å². The minimum absolute atomic E-state index is 0.376. The Hall–Kier alpha value is -1.12. The van der Waals surface area contributed by atoms with Crippen molar-refractivity contribution in [2.75, 3.05) is 0 Å². The summed E-state index contributed by atoms with van der Waals surface area (Å²) in [5.74, 6) is 0. The summed E-state index contributed by atoms with van der Waals surface area (Å²) in [6, 6.07) is 11.8. The third-order valence-electron chi connectivity index (χ3n) is 3.21. The van der Waals surface area contributed by atoms with E-state index in [1.807, 2.05) is 11.3 Å². The van der Waals surface area contributed by atoms with Crippen LogP contribution in [0, 0.1) is 13.8 Å². The van der Waals surface area contributed by atoms with E-state index in [4.69, 9.17) is 0 Å². The summed E-state index contributed by atoms with van der Waals surface area (Å²) in [6.45, 7) is 8.78. The number of hydrogen-bond donors (Lipinski definition) is 1. The average Bonchev–Trinajstić information content (AvgIpc) is 2.80. The summed E-state index contributed by atoms with van der Waals surface area (Å²) in [5, 5.41) is 5.80. The summed E-state index contributed by atoms with van der Waals surface area (Å²) < 4.78 is 0. The van der Waals surface area contributed by atoms with Gasteiger partial charge in [-0.15, -0.1) is 11.3 Å². The van der Waals surface area contributed by atoms with Crippen LogP contribution in [0.5, 0.6) is 0 Å². The predicted octanol–water partition coefficient (Wildman–Crippen LogP) is 4.78. The lowest BCUT2D eigenvalue weighted by molar-refractivity contribution is 0.500. The van der Waals surface area contributed by atoms with Crippen molar-refractivity contribution in [1.82, 2.24) is 5.32 Å². The Bertz CT molecular complexity index is 482. The molecule has 0 spiro atoms. The van der Waals surface area contributed by atoms with E-state index in [0.29, 0.717) is 12.1 Å². The smallest absolute Gasteiger partial charge is 0.0391 e. The molecule has 0 aliphatic rings. The quantitative estimate of drug-likeness (QED) is 0.833. The van der Waals surface area contributed by atoms with Crippen LogP contribution in [-0.4, -0.2) is 0 Å². The number of hydrogen-bond acceptors (Lipinski definition) is 2. The molecule has 2 atom stereocenters. The van der Waals surface area contributed by atoms with Crippen LogP contribution in [0.1, 0.15) is 47.5 Å². The fourth-order valence-electron chi connectivity index (χ4n) is 2.35. The molecule has 0 aliphatic heterocycles. The van der Waals surface area contributed by atoms with E-state index in [2.05, 4.69) is 68.7 Å². The summed E-state index contributed by atoms with van der Waals surface area (Å²) in [7, 11) is 0. The highest BCUT2D eigenvalue weighted by molar-refractivity contribution is 7.10. The average molecular weight is 259 g/mol. The first-order chi connectivity index (χ1) is 8.56. The second-order valence-corrected chi connectivity index (χ2v) is 6.03. The maximum Gasteiger partial charge on any atom is 0.0391 e. The number of nitrogens with one attached hydrogen (secondary N) is 1. The molecular weight excluding hydrogens is 238 g/mol. The SMILES string of the molecule is Cc1cc(C)cc(C(C)NC(C)c2cccs2)c1. The van der Waals surface area contributed by atoms with Gasteiger partial charge in [-0.1, -0.05) is 35.4 Å². The highest BCUT2D eigenvalue weighted by atomic mass is 32.1. The number of aryl methyl sites for hydroxylation is 2. The van der Waals surface area contributed by atoms with Gasteiger partial charge in [-0.2, -0.15) is 0 Å². The molecule has 0 saturated carbocycles. The van der Waals surface area contributed by atoms with Gasteiger partial charge in [0.1, 0.15) is 0 Å². The van der Waals surface area contributed by atoms with E-state index >= 15 is 0 Å². The first-order valence-corrected chi connectivity index (χ1v) is 7.32. The summed E-state index contributed by atoms with van der Waals surface area (Å²) >= 11 is 1.81. The Kier molecular flexibility index (Phi) is 4.20. The molecule has 0 radical (unpaired) electrons. The van der Waals surface area contributed by atoms with Crippen LogP contribution in [0.4, 0.5) is 0 Å². The molecule has 2 rings (SSSR count). The Labute approximate surface area is 114 Å². The molecule has 1 aromatic heterocycles. The molecule has 0 aliphatic carbocycles. The molecule has 2 aromatic rings. The van der Waals surface area contributed by atoms with E-state index in [1.165, 1.54) is 21.6 Å². The Morgan fingerprint density at radius 1 is 1.00 bits per heavy atom. The van der Waals surface area contributed by atoms with Gasteiger partial charge in [0, 0.05) is 17.0 Å². The third kappa shape index (κ3) is 3.21. The molecule has 0 bridgehead atoms. The Balaban J connectivity index is 2.09. The van der Waals surface area contributed by atoms with Crippen molar-refractivity contribution >= 4 is 11.3 Å². The van der Waals surface area contributed by atoms with Gasteiger partial charge in [0.25, 0.3) is 0 Å². The van der Waals surface area contributed by atoms with Crippen LogP contribution < -0.4 is 5.32 Å². The molecule has 0 amide bonds. The predicted molar refractivity (Wildman–Crippen MR) is 80.2 cm³/mol. The van der Waals surface area contributed by atoms with Gasteiger partial charge >= 0.3 is 0 Å². The van der Waals surface area contributed by atoms with Crippen LogP contribution in [0.2, 0.25) is 0 Å². The minimum Gasteiger partial charge on any atom is -0.303 e. The van der Waals surface area contributed by atoms with E-state index in [0.717, 1.165) is 0 Å². The lowest BCUT2D eigenvalue weighted by atomic mass is 10.0. The van der Waals surface area contributed by atoms with Crippen molar-refractivity contribution in [3.05, 3.63) is 57.3 Å². The van der Waals surface area contributed by atoms with E-state index < -0.39 is 0 Å². The number of rotatable bonds is 4. The summed E-state index contributed by atoms with van der Waals surface area (Å²) in [4.78, 5) is 1.39. The van der Waals surface area contributed by atoms with Crippen molar-refractivity contribution in [1.29, 1.82) is 0 Å². The monoisotopic (exact) mass is 259 g/mol. The van der Waals surface area contributed by atoms with Crippen LogP contribution in [-0.2, 0) is 0 Å². The maximum atomic E-state index is 3.66. The van der Waals surface area contributed by atoms with Crippen molar-refractivity contribution in [3.8, 4) is 0 Å². The van der Waals surface area contributed by atoms with Crippen molar-refractivity contribution in [2.24, 2.45) is 0 Å². The molecule has 0 fully saturated rings. The number of thiophene rings is 1. The molecule has 1 aromatic carbocycles. The first kappa shape index (κ1) is 13.3. The first-order valence-electron chi connectivity index (χ1n) is 6.44. The largest absolute Gasteiger partial charge is 0.303 e. The summed E-state index contributed by atoms with van der Waals surface area (Å²) in [5.41, 5.74) is 4.04. The van der Waals surface area contributed by atoms with Crippen molar-refractivity contribution in [2.45, 2.75) is 39.8 Å². The van der Waals surface area contributed by atoms with Gasteiger partial charge in [-0.3, -0.25) is 0 Å². The van der Waals surface area contributed by atoms with Gasteiger partial charge in [0.2, 0.25) is 0 Å². The van der Waals surface area contributed by atoms with Crippen molar-refractivity contribution < 1.29 is 0 Å². The maximum absolute atomic E-state index is 3.66. The highest BCUT2D eigenvalue weighted by Crippen LogP contribution is 2.23. The molecule has 2 unspecified atom stereocenters. The molecule has 1 nitrogen and oxygen atoms in total. The van der Waals surface area contributed by atoms with Gasteiger partial charge < -0.3 is 5.32 Å². The second-order valence-electron chi connectivity index (χ2n) is 5.05. The van der Waals surface area contributed by atoms with E-state index in [1.54, 1.807) is 0 Å². The fourth-order valence-corrected chi connectivity index (χ4v) is 3.09. The lowest BCUT2D eigenvalue weighted by Crippen LogP contribution is -2.21. The molecule has 0 saturated heterocycles. The minimum atomic E-state index is 0.376. The molecule has 1 heterocycles. The van der Waals surface area contributed by atoms with E-state index in [-0.39, 0.29) is 0 Å². The molecule has 18 heavy (non-hydrogen) atoms. The van der Waals surface area contributed by atoms with Crippen LogP contribution in [0.15, 0.2) is 35.7 Å².